The first-order valence-corrected chi connectivity index (χ1v) is 7.34. The zero-order chi connectivity index (χ0) is 17.9. The van der Waals surface area contributed by atoms with E-state index in [-0.39, 0.29) is 22.8 Å². The lowest BCUT2D eigenvalue weighted by Gasteiger charge is -2.13. The minimum Gasteiger partial charge on any atom is -0.494 e. The Kier molecular flexibility index (Phi) is 5.16. The summed E-state index contributed by atoms with van der Waals surface area (Å²) in [4.78, 5) is 11.2. The van der Waals surface area contributed by atoms with Crippen molar-refractivity contribution in [3.05, 3.63) is 35.6 Å². The normalized spacial score (nSPS) is 12.9. The number of nitrogens with zero attached hydrogens (tertiary/aromatic N) is 1. The topological polar surface area (TPSA) is 78.4 Å². The van der Waals surface area contributed by atoms with Crippen molar-refractivity contribution in [2.24, 2.45) is 5.73 Å². The van der Waals surface area contributed by atoms with Gasteiger partial charge in [0.15, 0.2) is 0 Å². The summed E-state index contributed by atoms with van der Waals surface area (Å²) in [5.41, 5.74) is 4.10. The van der Waals surface area contributed by atoms with Gasteiger partial charge in [-0.25, -0.2) is 0 Å². The SMILES string of the molecule is CCCOc1ccc(-c2cc(C(C)C(N)=O)on2)c(C(F)(F)F)c1. The Morgan fingerprint density at radius 1 is 1.38 bits per heavy atom. The molecule has 24 heavy (non-hydrogen) atoms. The maximum Gasteiger partial charge on any atom is 0.417 e. The number of carbonyl (C=O) groups excluding carboxylic acids is 1. The number of benzene rings is 1. The Hall–Kier alpha value is -2.51. The number of nitrogens with two attached hydrogens (primary N) is 1. The standard InChI is InChI=1S/C16H17F3N2O3/c1-3-6-23-10-4-5-11(12(7-10)16(17,18)19)13-8-14(24-21-13)9(2)15(20)22/h4-5,7-9H,3,6H2,1-2H3,(H2,20,22). The number of hydrogen-bond donors (Lipinski definition) is 1. The second-order valence-electron chi connectivity index (χ2n) is 5.29. The fourth-order valence-corrected chi connectivity index (χ4v) is 2.05. The second-order valence-corrected chi connectivity index (χ2v) is 5.29. The summed E-state index contributed by atoms with van der Waals surface area (Å²) in [5, 5.41) is 3.63. The smallest absolute Gasteiger partial charge is 0.417 e. The predicted molar refractivity (Wildman–Crippen MR) is 80.3 cm³/mol. The summed E-state index contributed by atoms with van der Waals surface area (Å²) in [7, 11) is 0. The number of amides is 1. The van der Waals surface area contributed by atoms with E-state index in [1.807, 2.05) is 6.92 Å². The van der Waals surface area contributed by atoms with E-state index >= 15 is 0 Å². The van der Waals surface area contributed by atoms with Gasteiger partial charge in [0.1, 0.15) is 17.2 Å². The number of primary amides is 1. The molecule has 5 nitrogen and oxygen atoms in total. The van der Waals surface area contributed by atoms with Crippen LogP contribution >= 0.6 is 0 Å². The van der Waals surface area contributed by atoms with Crippen molar-refractivity contribution in [2.45, 2.75) is 32.4 Å². The van der Waals surface area contributed by atoms with Crippen molar-refractivity contribution >= 4 is 5.91 Å². The molecule has 130 valence electrons. The van der Waals surface area contributed by atoms with Crippen molar-refractivity contribution in [3.8, 4) is 17.0 Å². The summed E-state index contributed by atoms with van der Waals surface area (Å²) in [5.74, 6) is -1.20. The highest BCUT2D eigenvalue weighted by molar-refractivity contribution is 5.81. The van der Waals surface area contributed by atoms with E-state index in [1.54, 1.807) is 0 Å². The molecule has 1 heterocycles. The van der Waals surface area contributed by atoms with Crippen LogP contribution in [-0.2, 0) is 11.0 Å². The van der Waals surface area contributed by atoms with Crippen LogP contribution in [0.1, 0.15) is 37.5 Å². The fraction of sp³-hybridized carbons (Fsp3) is 0.375. The molecule has 1 amide bonds. The van der Waals surface area contributed by atoms with Gasteiger partial charge in [-0.3, -0.25) is 4.79 Å². The number of rotatable bonds is 6. The van der Waals surface area contributed by atoms with Gasteiger partial charge < -0.3 is 15.0 Å². The largest absolute Gasteiger partial charge is 0.494 e. The first kappa shape index (κ1) is 17.8. The maximum absolute atomic E-state index is 13.3. The van der Waals surface area contributed by atoms with Crippen LogP contribution in [0, 0.1) is 0 Å². The van der Waals surface area contributed by atoms with Crippen molar-refractivity contribution < 1.29 is 27.2 Å². The molecule has 0 aliphatic carbocycles. The molecule has 2 aromatic rings. The number of aromatic nitrogens is 1. The van der Waals surface area contributed by atoms with E-state index in [4.69, 9.17) is 15.0 Å². The number of halogens is 3. The maximum atomic E-state index is 13.3. The molecular weight excluding hydrogens is 325 g/mol. The molecule has 1 aromatic carbocycles. The Morgan fingerprint density at radius 3 is 2.67 bits per heavy atom. The Bertz CT molecular complexity index is 726. The molecule has 0 aliphatic rings. The molecule has 1 unspecified atom stereocenters. The van der Waals surface area contributed by atoms with Crippen molar-refractivity contribution in [3.63, 3.8) is 0 Å². The highest BCUT2D eigenvalue weighted by Crippen LogP contribution is 2.39. The fourth-order valence-electron chi connectivity index (χ4n) is 2.05. The first-order valence-electron chi connectivity index (χ1n) is 7.34. The number of carbonyl (C=O) groups is 1. The van der Waals surface area contributed by atoms with Gasteiger partial charge in [-0.15, -0.1) is 0 Å². The van der Waals surface area contributed by atoms with E-state index in [1.165, 1.54) is 25.1 Å². The molecular formula is C16H17F3N2O3. The molecule has 1 aromatic heterocycles. The van der Waals surface area contributed by atoms with Crippen LogP contribution in [0.4, 0.5) is 13.2 Å². The van der Waals surface area contributed by atoms with E-state index in [0.29, 0.717) is 13.0 Å². The molecule has 0 spiro atoms. The van der Waals surface area contributed by atoms with Gasteiger partial charge in [0.25, 0.3) is 0 Å². The highest BCUT2D eigenvalue weighted by Gasteiger charge is 2.35. The van der Waals surface area contributed by atoms with Crippen LogP contribution < -0.4 is 10.5 Å². The average Bonchev–Trinajstić information content (AvgIpc) is 3.00. The van der Waals surface area contributed by atoms with Crippen LogP contribution in [0.25, 0.3) is 11.3 Å². The lowest BCUT2D eigenvalue weighted by molar-refractivity contribution is -0.137. The minimum atomic E-state index is -4.59. The highest BCUT2D eigenvalue weighted by atomic mass is 19.4. The molecule has 2 rings (SSSR count). The predicted octanol–water partition coefficient (Wildman–Crippen LogP) is 3.74. The molecule has 0 radical (unpaired) electrons. The van der Waals surface area contributed by atoms with Crippen molar-refractivity contribution in [1.82, 2.24) is 5.16 Å². The zero-order valence-corrected chi connectivity index (χ0v) is 13.2. The molecule has 0 saturated carbocycles. The zero-order valence-electron chi connectivity index (χ0n) is 13.2. The minimum absolute atomic E-state index is 0.0209. The molecule has 0 fully saturated rings. The third kappa shape index (κ3) is 3.87. The van der Waals surface area contributed by atoms with Crippen molar-refractivity contribution in [2.75, 3.05) is 6.61 Å². The lowest BCUT2D eigenvalue weighted by atomic mass is 10.0. The number of ether oxygens (including phenoxy) is 1. The summed E-state index contributed by atoms with van der Waals surface area (Å²) < 4.78 is 50.2. The van der Waals surface area contributed by atoms with E-state index in [9.17, 15) is 18.0 Å². The van der Waals surface area contributed by atoms with Gasteiger partial charge in [0, 0.05) is 11.6 Å². The van der Waals surface area contributed by atoms with E-state index in [2.05, 4.69) is 5.16 Å². The number of alkyl halides is 3. The van der Waals surface area contributed by atoms with Gasteiger partial charge in [-0.1, -0.05) is 12.1 Å². The third-order valence-electron chi connectivity index (χ3n) is 3.43. The lowest BCUT2D eigenvalue weighted by Crippen LogP contribution is -2.18. The second kappa shape index (κ2) is 6.94. The van der Waals surface area contributed by atoms with Crippen LogP contribution in [0.3, 0.4) is 0 Å². The molecule has 0 bridgehead atoms. The summed E-state index contributed by atoms with van der Waals surface area (Å²) >= 11 is 0. The summed E-state index contributed by atoms with van der Waals surface area (Å²) in [6.45, 7) is 3.66. The quantitative estimate of drug-likeness (QED) is 0.867. The summed E-state index contributed by atoms with van der Waals surface area (Å²) in [6.07, 6.45) is -3.91. The molecule has 2 N–H and O–H groups in total. The molecule has 0 saturated heterocycles. The van der Waals surface area contributed by atoms with Crippen molar-refractivity contribution in [1.29, 1.82) is 0 Å². The van der Waals surface area contributed by atoms with Gasteiger partial charge in [-0.2, -0.15) is 13.2 Å². The van der Waals surface area contributed by atoms with Gasteiger partial charge in [0.05, 0.1) is 18.1 Å². The first-order chi connectivity index (χ1) is 11.2. The van der Waals surface area contributed by atoms with Crippen LogP contribution in [0.2, 0.25) is 0 Å². The van der Waals surface area contributed by atoms with Crippen LogP contribution in [0.5, 0.6) is 5.75 Å². The van der Waals surface area contributed by atoms with Gasteiger partial charge >= 0.3 is 6.18 Å². The van der Waals surface area contributed by atoms with Crippen LogP contribution in [0.15, 0.2) is 28.8 Å². The van der Waals surface area contributed by atoms with Crippen LogP contribution in [-0.4, -0.2) is 17.7 Å². The van der Waals surface area contributed by atoms with E-state index < -0.39 is 23.6 Å². The summed E-state index contributed by atoms with van der Waals surface area (Å²) in [6, 6.07) is 4.92. The monoisotopic (exact) mass is 342 g/mol. The molecule has 1 atom stereocenters. The Morgan fingerprint density at radius 2 is 2.08 bits per heavy atom. The third-order valence-corrected chi connectivity index (χ3v) is 3.43. The Labute approximate surface area is 136 Å². The number of hydrogen-bond acceptors (Lipinski definition) is 4. The Balaban J connectivity index is 2.44. The van der Waals surface area contributed by atoms with Gasteiger partial charge in [0.2, 0.25) is 5.91 Å². The van der Waals surface area contributed by atoms with E-state index in [0.717, 1.165) is 6.07 Å². The molecule has 0 aliphatic heterocycles. The van der Waals surface area contributed by atoms with Gasteiger partial charge in [-0.05, 0) is 31.5 Å². The average molecular weight is 342 g/mol. The molecule has 8 heteroatoms.